The number of amides is 1. The van der Waals surface area contributed by atoms with Crippen molar-refractivity contribution in [3.8, 4) is 0 Å². The number of piperidine rings is 1. The fourth-order valence-corrected chi connectivity index (χ4v) is 3.96. The zero-order valence-electron chi connectivity index (χ0n) is 19.4. The maximum Gasteiger partial charge on any atom is 0.410 e. The van der Waals surface area contributed by atoms with Crippen LogP contribution in [0.15, 0.2) is 23.3 Å². The van der Waals surface area contributed by atoms with Crippen molar-refractivity contribution in [1.82, 2.24) is 20.5 Å². The maximum absolute atomic E-state index is 14.0. The SMILES string of the molecule is CN=C(NCC1CCN(C(=O)OC(C)(C)C)CC1)NC1CCN(c2ncccc2F)C1.I. The number of carbonyl (C=O) groups excluding carboxylic acids is 1. The van der Waals surface area contributed by atoms with E-state index in [0.717, 1.165) is 38.3 Å². The molecule has 3 heterocycles. The molecule has 0 aliphatic carbocycles. The van der Waals surface area contributed by atoms with Crippen molar-refractivity contribution < 1.29 is 13.9 Å². The summed E-state index contributed by atoms with van der Waals surface area (Å²) in [6.07, 6.45) is 4.14. The standard InChI is InChI=1S/C22H35FN6O2.HI/c1-22(2,3)31-21(30)28-11-7-16(8-12-28)14-26-20(24-4)27-17-9-13-29(15-17)19-18(23)6-5-10-25-19;/h5-6,10,16-17H,7-9,11-15H2,1-4H3,(H2,24,26,27);1H. The van der Waals surface area contributed by atoms with E-state index in [0.29, 0.717) is 31.4 Å². The molecule has 2 N–H and O–H groups in total. The lowest BCUT2D eigenvalue weighted by Gasteiger charge is -2.33. The van der Waals surface area contributed by atoms with E-state index in [9.17, 15) is 9.18 Å². The highest BCUT2D eigenvalue weighted by Crippen LogP contribution is 2.21. The van der Waals surface area contributed by atoms with Crippen LogP contribution in [0.2, 0.25) is 0 Å². The zero-order chi connectivity index (χ0) is 22.4. The molecule has 180 valence electrons. The number of aromatic nitrogens is 1. The number of hydrogen-bond donors (Lipinski definition) is 2. The number of nitrogens with one attached hydrogen (secondary N) is 2. The molecule has 1 amide bonds. The summed E-state index contributed by atoms with van der Waals surface area (Å²) in [5, 5.41) is 6.85. The molecule has 3 rings (SSSR count). The van der Waals surface area contributed by atoms with Crippen LogP contribution in [0.25, 0.3) is 0 Å². The predicted molar refractivity (Wildman–Crippen MR) is 135 cm³/mol. The van der Waals surface area contributed by atoms with Crippen molar-refractivity contribution in [2.24, 2.45) is 10.9 Å². The molecule has 1 unspecified atom stereocenters. The van der Waals surface area contributed by atoms with Crippen LogP contribution in [0.1, 0.15) is 40.0 Å². The molecular weight excluding hydrogens is 526 g/mol. The van der Waals surface area contributed by atoms with Crippen LogP contribution in [0.5, 0.6) is 0 Å². The minimum absolute atomic E-state index is 0. The molecule has 0 spiro atoms. The van der Waals surface area contributed by atoms with Crippen LogP contribution in [0.3, 0.4) is 0 Å². The summed E-state index contributed by atoms with van der Waals surface area (Å²) in [4.78, 5) is 24.5. The van der Waals surface area contributed by atoms with Gasteiger partial charge in [-0.15, -0.1) is 24.0 Å². The van der Waals surface area contributed by atoms with Crippen LogP contribution < -0.4 is 15.5 Å². The number of rotatable bonds is 4. The Morgan fingerprint density at radius 1 is 1.28 bits per heavy atom. The summed E-state index contributed by atoms with van der Waals surface area (Å²) in [5.74, 6) is 1.35. The molecule has 2 aliphatic rings. The van der Waals surface area contributed by atoms with E-state index in [1.807, 2.05) is 25.7 Å². The van der Waals surface area contributed by atoms with E-state index in [-0.39, 0.29) is 41.9 Å². The third-order valence-electron chi connectivity index (χ3n) is 5.62. The number of ether oxygens (including phenoxy) is 1. The van der Waals surface area contributed by atoms with E-state index in [2.05, 4.69) is 20.6 Å². The van der Waals surface area contributed by atoms with Gasteiger partial charge in [0.15, 0.2) is 17.6 Å². The van der Waals surface area contributed by atoms with Crippen molar-refractivity contribution in [3.05, 3.63) is 24.1 Å². The molecule has 2 aliphatic heterocycles. The Hall–Kier alpha value is -1.85. The summed E-state index contributed by atoms with van der Waals surface area (Å²) >= 11 is 0. The molecule has 32 heavy (non-hydrogen) atoms. The van der Waals surface area contributed by atoms with E-state index in [4.69, 9.17) is 4.74 Å². The summed E-state index contributed by atoms with van der Waals surface area (Å²) < 4.78 is 19.4. The molecule has 0 aromatic carbocycles. The number of nitrogens with zero attached hydrogens (tertiary/aromatic N) is 4. The van der Waals surface area contributed by atoms with Crippen molar-refractivity contribution in [3.63, 3.8) is 0 Å². The first kappa shape index (κ1) is 26.4. The lowest BCUT2D eigenvalue weighted by molar-refractivity contribution is 0.0185. The highest BCUT2D eigenvalue weighted by Gasteiger charge is 2.28. The number of halogens is 2. The van der Waals surface area contributed by atoms with Gasteiger partial charge in [-0.2, -0.15) is 0 Å². The van der Waals surface area contributed by atoms with E-state index >= 15 is 0 Å². The average Bonchev–Trinajstić information content (AvgIpc) is 3.19. The smallest absolute Gasteiger partial charge is 0.410 e. The fraction of sp³-hybridized carbons (Fsp3) is 0.682. The summed E-state index contributed by atoms with van der Waals surface area (Å²) in [5.41, 5.74) is -0.466. The number of aliphatic imine (C=N–C) groups is 1. The van der Waals surface area contributed by atoms with Crippen LogP contribution in [0, 0.1) is 11.7 Å². The topological polar surface area (TPSA) is 82.1 Å². The second-order valence-electron chi connectivity index (χ2n) is 9.25. The van der Waals surface area contributed by atoms with E-state index in [1.165, 1.54) is 6.07 Å². The number of hydrogen-bond acceptors (Lipinski definition) is 5. The van der Waals surface area contributed by atoms with Crippen LogP contribution >= 0.6 is 24.0 Å². The highest BCUT2D eigenvalue weighted by molar-refractivity contribution is 14.0. The monoisotopic (exact) mass is 562 g/mol. The van der Waals surface area contributed by atoms with Crippen LogP contribution in [0.4, 0.5) is 15.0 Å². The van der Waals surface area contributed by atoms with Crippen LogP contribution in [-0.2, 0) is 4.74 Å². The van der Waals surface area contributed by atoms with E-state index in [1.54, 1.807) is 24.2 Å². The number of carbonyl (C=O) groups is 1. The lowest BCUT2D eigenvalue weighted by Crippen LogP contribution is -2.48. The average molecular weight is 562 g/mol. The Labute approximate surface area is 207 Å². The van der Waals surface area contributed by atoms with Gasteiger partial charge in [0, 0.05) is 52.0 Å². The Morgan fingerprint density at radius 2 is 2.00 bits per heavy atom. The first-order valence-electron chi connectivity index (χ1n) is 11.1. The van der Waals surface area contributed by atoms with Gasteiger partial charge in [-0.3, -0.25) is 4.99 Å². The lowest BCUT2D eigenvalue weighted by atomic mass is 9.97. The minimum Gasteiger partial charge on any atom is -0.444 e. The largest absolute Gasteiger partial charge is 0.444 e. The van der Waals surface area contributed by atoms with Crippen molar-refractivity contribution in [2.75, 3.05) is 44.7 Å². The third kappa shape index (κ3) is 7.63. The van der Waals surface area contributed by atoms with Gasteiger partial charge in [0.25, 0.3) is 0 Å². The van der Waals surface area contributed by atoms with Crippen molar-refractivity contribution in [1.29, 1.82) is 0 Å². The molecule has 10 heteroatoms. The molecular formula is C22H36FIN6O2. The number of likely N-dealkylation sites (tertiary alicyclic amines) is 1. The van der Waals surface area contributed by atoms with Crippen LogP contribution in [-0.4, -0.2) is 73.4 Å². The second kappa shape index (κ2) is 11.9. The molecule has 2 fully saturated rings. The van der Waals surface area contributed by atoms with Gasteiger partial charge in [-0.1, -0.05) is 0 Å². The second-order valence-corrected chi connectivity index (χ2v) is 9.25. The van der Waals surface area contributed by atoms with Crippen molar-refractivity contribution >= 4 is 41.8 Å². The predicted octanol–water partition coefficient (Wildman–Crippen LogP) is 3.23. The van der Waals surface area contributed by atoms with Gasteiger partial charge in [-0.05, 0) is 58.1 Å². The van der Waals surface area contributed by atoms with Gasteiger partial charge in [0.05, 0.1) is 0 Å². The number of guanidine groups is 1. The molecule has 2 saturated heterocycles. The Balaban J connectivity index is 0.00000363. The molecule has 0 radical (unpaired) electrons. The van der Waals surface area contributed by atoms with Gasteiger partial charge >= 0.3 is 6.09 Å². The summed E-state index contributed by atoms with van der Waals surface area (Å²) in [6, 6.07) is 3.23. The minimum atomic E-state index is -0.466. The van der Waals surface area contributed by atoms with E-state index < -0.39 is 5.60 Å². The Kier molecular flexibility index (Phi) is 9.78. The quantitative estimate of drug-likeness (QED) is 0.333. The first-order chi connectivity index (χ1) is 14.7. The Bertz CT molecular complexity index is 780. The molecule has 1 aromatic rings. The third-order valence-corrected chi connectivity index (χ3v) is 5.62. The van der Waals surface area contributed by atoms with Gasteiger partial charge in [0.1, 0.15) is 5.60 Å². The van der Waals surface area contributed by atoms with Crippen molar-refractivity contribution in [2.45, 2.75) is 51.7 Å². The number of pyridine rings is 1. The van der Waals surface area contributed by atoms with Gasteiger partial charge in [0.2, 0.25) is 0 Å². The molecule has 8 nitrogen and oxygen atoms in total. The van der Waals surface area contributed by atoms with Gasteiger partial charge < -0.3 is 25.2 Å². The molecule has 0 saturated carbocycles. The number of anilines is 1. The maximum atomic E-state index is 14.0. The van der Waals surface area contributed by atoms with Gasteiger partial charge in [-0.25, -0.2) is 14.2 Å². The fourth-order valence-electron chi connectivity index (χ4n) is 3.96. The first-order valence-corrected chi connectivity index (χ1v) is 11.1. The zero-order valence-corrected chi connectivity index (χ0v) is 21.8. The Morgan fingerprint density at radius 3 is 2.62 bits per heavy atom. The normalized spacial score (nSPS) is 20.0. The highest BCUT2D eigenvalue weighted by atomic mass is 127. The molecule has 1 aromatic heterocycles. The molecule has 1 atom stereocenters. The summed E-state index contributed by atoms with van der Waals surface area (Å²) in [6.45, 7) is 9.31. The molecule has 0 bridgehead atoms. The summed E-state index contributed by atoms with van der Waals surface area (Å²) in [7, 11) is 1.76.